The summed E-state index contributed by atoms with van der Waals surface area (Å²) in [4.78, 5) is 25.6. The standard InChI is InChI=1S/C26H24FNO5S/c27-22-15-14-21(18-23(22)34(31,32)28-16-8-3-9-17-28)26(30)33-25(20-12-6-2-7-13-20)24(29)19-10-4-1-5-11-19/h1-2,4-7,10-15,18,25H,3,8-9,16-17H2. The summed E-state index contributed by atoms with van der Waals surface area (Å²) in [6.45, 7) is 0.607. The maximum Gasteiger partial charge on any atom is 0.339 e. The average molecular weight is 482 g/mol. The Kier molecular flexibility index (Phi) is 7.19. The number of hydrogen-bond donors (Lipinski definition) is 0. The van der Waals surface area contributed by atoms with Gasteiger partial charge in [-0.3, -0.25) is 4.79 Å². The number of ketones is 1. The maximum atomic E-state index is 14.5. The summed E-state index contributed by atoms with van der Waals surface area (Å²) in [5.74, 6) is -2.29. The van der Waals surface area contributed by atoms with Crippen molar-refractivity contribution in [1.82, 2.24) is 4.31 Å². The highest BCUT2D eigenvalue weighted by molar-refractivity contribution is 7.89. The van der Waals surface area contributed by atoms with E-state index in [-0.39, 0.29) is 5.56 Å². The number of piperidine rings is 1. The van der Waals surface area contributed by atoms with E-state index in [4.69, 9.17) is 4.74 Å². The summed E-state index contributed by atoms with van der Waals surface area (Å²) in [6, 6.07) is 20.0. The Morgan fingerprint density at radius 3 is 2.09 bits per heavy atom. The molecule has 34 heavy (non-hydrogen) atoms. The lowest BCUT2D eigenvalue weighted by molar-refractivity contribution is 0.0279. The highest BCUT2D eigenvalue weighted by Gasteiger charge is 2.31. The molecule has 3 aromatic carbocycles. The number of halogens is 1. The number of carbonyl (C=O) groups excluding carboxylic acids is 2. The van der Waals surface area contributed by atoms with Gasteiger partial charge in [-0.2, -0.15) is 4.31 Å². The van der Waals surface area contributed by atoms with Crippen molar-refractivity contribution in [2.24, 2.45) is 0 Å². The lowest BCUT2D eigenvalue weighted by atomic mass is 10.00. The number of hydrogen-bond acceptors (Lipinski definition) is 5. The molecule has 0 spiro atoms. The van der Waals surface area contributed by atoms with Crippen molar-refractivity contribution >= 4 is 21.8 Å². The Bertz CT molecular complexity index is 1270. The van der Waals surface area contributed by atoms with Crippen LogP contribution in [0.2, 0.25) is 0 Å². The molecule has 0 bridgehead atoms. The molecule has 6 nitrogen and oxygen atoms in total. The SMILES string of the molecule is O=C(OC(C(=O)c1ccccc1)c1ccccc1)c1ccc(F)c(S(=O)(=O)N2CCCCC2)c1. The summed E-state index contributed by atoms with van der Waals surface area (Å²) in [6.07, 6.45) is 1.06. The highest BCUT2D eigenvalue weighted by Crippen LogP contribution is 2.27. The molecule has 0 amide bonds. The molecular formula is C26H24FNO5S. The minimum atomic E-state index is -4.11. The third-order valence-corrected chi connectivity index (χ3v) is 7.64. The number of Topliss-reactive ketones (excluding diaryl/α,β-unsaturated/α-hetero) is 1. The van der Waals surface area contributed by atoms with Crippen LogP contribution in [0, 0.1) is 5.82 Å². The van der Waals surface area contributed by atoms with E-state index in [9.17, 15) is 22.4 Å². The summed E-state index contributed by atoms with van der Waals surface area (Å²) < 4.78 is 47.4. The topological polar surface area (TPSA) is 80.8 Å². The second-order valence-electron chi connectivity index (χ2n) is 8.04. The average Bonchev–Trinajstić information content (AvgIpc) is 2.88. The smallest absolute Gasteiger partial charge is 0.339 e. The van der Waals surface area contributed by atoms with Crippen LogP contribution in [0.15, 0.2) is 83.8 Å². The molecule has 0 saturated carbocycles. The Morgan fingerprint density at radius 1 is 0.824 bits per heavy atom. The predicted molar refractivity (Wildman–Crippen MR) is 124 cm³/mol. The van der Waals surface area contributed by atoms with Crippen molar-refractivity contribution in [3.8, 4) is 0 Å². The first-order valence-corrected chi connectivity index (χ1v) is 12.5. The van der Waals surface area contributed by atoms with E-state index in [1.54, 1.807) is 60.7 Å². The molecule has 0 radical (unpaired) electrons. The Balaban J connectivity index is 1.65. The van der Waals surface area contributed by atoms with Gasteiger partial charge in [0.15, 0.2) is 6.10 Å². The number of carbonyl (C=O) groups is 2. The zero-order chi connectivity index (χ0) is 24.1. The second kappa shape index (κ2) is 10.3. The van der Waals surface area contributed by atoms with Gasteiger partial charge in [-0.15, -0.1) is 0 Å². The van der Waals surface area contributed by atoms with Crippen LogP contribution in [0.4, 0.5) is 4.39 Å². The van der Waals surface area contributed by atoms with E-state index >= 15 is 0 Å². The van der Waals surface area contributed by atoms with Gasteiger partial charge in [-0.25, -0.2) is 17.6 Å². The second-order valence-corrected chi connectivity index (χ2v) is 9.94. The fourth-order valence-corrected chi connectivity index (χ4v) is 5.51. The fraction of sp³-hybridized carbons (Fsp3) is 0.231. The van der Waals surface area contributed by atoms with Crippen molar-refractivity contribution in [3.63, 3.8) is 0 Å². The molecule has 0 aliphatic carbocycles. The van der Waals surface area contributed by atoms with Crippen molar-refractivity contribution in [2.45, 2.75) is 30.3 Å². The number of benzene rings is 3. The summed E-state index contributed by atoms with van der Waals surface area (Å²) in [7, 11) is -4.11. The van der Waals surface area contributed by atoms with E-state index in [0.29, 0.717) is 37.1 Å². The van der Waals surface area contributed by atoms with Crippen LogP contribution in [-0.2, 0) is 14.8 Å². The highest BCUT2D eigenvalue weighted by atomic mass is 32.2. The van der Waals surface area contributed by atoms with Gasteiger partial charge in [0, 0.05) is 24.2 Å². The van der Waals surface area contributed by atoms with Gasteiger partial charge in [0.05, 0.1) is 5.56 Å². The molecule has 0 aromatic heterocycles. The lowest BCUT2D eigenvalue weighted by Crippen LogP contribution is -2.36. The molecule has 176 valence electrons. The van der Waals surface area contributed by atoms with E-state index in [0.717, 1.165) is 24.6 Å². The normalized spacial score (nSPS) is 15.4. The van der Waals surface area contributed by atoms with E-state index < -0.39 is 38.6 Å². The van der Waals surface area contributed by atoms with Gasteiger partial charge < -0.3 is 4.74 Å². The minimum absolute atomic E-state index is 0.154. The largest absolute Gasteiger partial charge is 0.445 e. The van der Waals surface area contributed by atoms with Crippen LogP contribution in [0.5, 0.6) is 0 Å². The number of rotatable bonds is 7. The predicted octanol–water partition coefficient (Wildman–Crippen LogP) is 4.78. The Morgan fingerprint density at radius 2 is 1.44 bits per heavy atom. The molecule has 1 unspecified atom stereocenters. The zero-order valence-corrected chi connectivity index (χ0v) is 19.2. The molecule has 1 atom stereocenters. The molecule has 0 N–H and O–H groups in total. The maximum absolute atomic E-state index is 14.5. The minimum Gasteiger partial charge on any atom is -0.445 e. The van der Waals surface area contributed by atoms with Crippen LogP contribution < -0.4 is 0 Å². The summed E-state index contributed by atoms with van der Waals surface area (Å²) >= 11 is 0. The van der Waals surface area contributed by atoms with E-state index in [1.807, 2.05) is 0 Å². The van der Waals surface area contributed by atoms with Gasteiger partial charge in [-0.05, 0) is 31.0 Å². The Labute approximate surface area is 198 Å². The molecule has 1 heterocycles. The molecule has 1 aliphatic heterocycles. The summed E-state index contributed by atoms with van der Waals surface area (Å²) in [5.41, 5.74) is 0.670. The molecular weight excluding hydrogens is 457 g/mol. The van der Waals surface area contributed by atoms with Crippen molar-refractivity contribution in [3.05, 3.63) is 101 Å². The first kappa shape index (κ1) is 23.8. The van der Waals surface area contributed by atoms with Crippen molar-refractivity contribution in [2.75, 3.05) is 13.1 Å². The third kappa shape index (κ3) is 5.08. The molecule has 8 heteroatoms. The van der Waals surface area contributed by atoms with E-state index in [2.05, 4.69) is 0 Å². The van der Waals surface area contributed by atoms with Crippen LogP contribution in [-0.4, -0.2) is 37.6 Å². The van der Waals surface area contributed by atoms with Gasteiger partial charge >= 0.3 is 5.97 Å². The molecule has 1 saturated heterocycles. The lowest BCUT2D eigenvalue weighted by Gasteiger charge is -2.26. The molecule has 1 fully saturated rings. The Hall–Kier alpha value is -3.36. The van der Waals surface area contributed by atoms with Crippen LogP contribution >= 0.6 is 0 Å². The monoisotopic (exact) mass is 481 g/mol. The van der Waals surface area contributed by atoms with Crippen molar-refractivity contribution < 1.29 is 27.1 Å². The molecule has 1 aliphatic rings. The number of esters is 1. The van der Waals surface area contributed by atoms with Crippen LogP contribution in [0.3, 0.4) is 0 Å². The number of ether oxygens (including phenoxy) is 1. The fourth-order valence-electron chi connectivity index (χ4n) is 3.90. The van der Waals surface area contributed by atoms with Gasteiger partial charge in [0.2, 0.25) is 15.8 Å². The van der Waals surface area contributed by atoms with Gasteiger partial charge in [-0.1, -0.05) is 67.1 Å². The molecule has 4 rings (SSSR count). The van der Waals surface area contributed by atoms with E-state index in [1.165, 1.54) is 4.31 Å². The first-order chi connectivity index (χ1) is 16.4. The van der Waals surface area contributed by atoms with Gasteiger partial charge in [0.25, 0.3) is 0 Å². The zero-order valence-electron chi connectivity index (χ0n) is 18.4. The number of sulfonamides is 1. The van der Waals surface area contributed by atoms with Crippen LogP contribution in [0.1, 0.15) is 51.6 Å². The third-order valence-electron chi connectivity index (χ3n) is 5.72. The summed E-state index contributed by atoms with van der Waals surface area (Å²) in [5, 5.41) is 0. The quantitative estimate of drug-likeness (QED) is 0.358. The number of nitrogens with zero attached hydrogens (tertiary/aromatic N) is 1. The van der Waals surface area contributed by atoms with Gasteiger partial charge in [0.1, 0.15) is 10.7 Å². The molecule has 3 aromatic rings. The first-order valence-electron chi connectivity index (χ1n) is 11.0. The van der Waals surface area contributed by atoms with Crippen LogP contribution in [0.25, 0.3) is 0 Å². The van der Waals surface area contributed by atoms with Crippen molar-refractivity contribution in [1.29, 1.82) is 0 Å².